The predicted octanol–water partition coefficient (Wildman–Crippen LogP) is 2.47. The van der Waals surface area contributed by atoms with Crippen molar-refractivity contribution in [2.45, 2.75) is 18.6 Å². The van der Waals surface area contributed by atoms with E-state index in [9.17, 15) is 9.59 Å². The first kappa shape index (κ1) is 12.6. The van der Waals surface area contributed by atoms with E-state index in [1.807, 2.05) is 36.4 Å². The van der Waals surface area contributed by atoms with Crippen LogP contribution >= 0.6 is 0 Å². The lowest BCUT2D eigenvalue weighted by atomic mass is 9.74. The van der Waals surface area contributed by atoms with E-state index in [1.165, 1.54) is 0 Å². The Morgan fingerprint density at radius 3 is 3.00 bits per heavy atom. The van der Waals surface area contributed by atoms with Crippen LogP contribution in [0.25, 0.3) is 6.08 Å². The lowest BCUT2D eigenvalue weighted by Crippen LogP contribution is -2.43. The van der Waals surface area contributed by atoms with Gasteiger partial charge in [0.25, 0.3) is 5.91 Å². The Balaban J connectivity index is 1.76. The van der Waals surface area contributed by atoms with Gasteiger partial charge in [0.05, 0.1) is 0 Å². The predicted molar refractivity (Wildman–Crippen MR) is 84.9 cm³/mol. The zero-order valence-electron chi connectivity index (χ0n) is 12.3. The number of amides is 1. The Morgan fingerprint density at radius 1 is 1.17 bits per heavy atom. The highest BCUT2D eigenvalue weighted by molar-refractivity contribution is 6.00. The third-order valence-electron chi connectivity index (χ3n) is 4.88. The maximum atomic E-state index is 11.9. The number of ketones is 1. The molecular formula is C19H13NO3. The number of hydrogen-bond acceptors (Lipinski definition) is 3. The molecule has 1 aromatic rings. The third-order valence-corrected chi connectivity index (χ3v) is 4.88. The molecule has 0 fully saturated rings. The molecule has 4 nitrogen and oxygen atoms in total. The van der Waals surface area contributed by atoms with Crippen LogP contribution in [-0.4, -0.2) is 17.3 Å². The molecule has 0 saturated carbocycles. The number of fused-ring (bicyclic) bond motifs is 3. The highest BCUT2D eigenvalue weighted by Gasteiger charge is 2.45. The summed E-state index contributed by atoms with van der Waals surface area (Å²) >= 11 is 0. The molecule has 1 atom stereocenters. The highest BCUT2D eigenvalue weighted by Crippen LogP contribution is 2.47. The van der Waals surface area contributed by atoms with Crippen LogP contribution in [0, 0.1) is 0 Å². The van der Waals surface area contributed by atoms with E-state index < -0.39 is 5.60 Å². The number of nitrogens with one attached hydrogen (secondary N) is 1. The molecule has 0 bridgehead atoms. The van der Waals surface area contributed by atoms with Crippen molar-refractivity contribution in [3.05, 3.63) is 70.3 Å². The summed E-state index contributed by atoms with van der Waals surface area (Å²) < 4.78 is 6.45. The SMILES string of the molecule is O=C1C=CC23Oc4c(ccc5c4CNC5=O)C=C2C=CC=C3C1. The molecule has 2 aliphatic carbocycles. The third kappa shape index (κ3) is 1.55. The van der Waals surface area contributed by atoms with Gasteiger partial charge in [0.15, 0.2) is 11.4 Å². The molecule has 2 aliphatic heterocycles. The zero-order valence-corrected chi connectivity index (χ0v) is 12.3. The van der Waals surface area contributed by atoms with Gasteiger partial charge in [-0.05, 0) is 29.9 Å². The maximum absolute atomic E-state index is 11.9. The van der Waals surface area contributed by atoms with Crippen molar-refractivity contribution in [1.82, 2.24) is 5.32 Å². The summed E-state index contributed by atoms with van der Waals surface area (Å²) in [6.45, 7) is 0.480. The fourth-order valence-electron chi connectivity index (χ4n) is 3.73. The summed E-state index contributed by atoms with van der Waals surface area (Å²) in [6.07, 6.45) is 11.8. The van der Waals surface area contributed by atoms with Gasteiger partial charge in [0.2, 0.25) is 0 Å². The molecule has 4 aliphatic rings. The second-order valence-electron chi connectivity index (χ2n) is 6.16. The van der Waals surface area contributed by atoms with Gasteiger partial charge in [-0.15, -0.1) is 0 Å². The molecule has 1 N–H and O–H groups in total. The summed E-state index contributed by atoms with van der Waals surface area (Å²) in [4.78, 5) is 23.7. The van der Waals surface area contributed by atoms with Gasteiger partial charge >= 0.3 is 0 Å². The Morgan fingerprint density at radius 2 is 2.09 bits per heavy atom. The van der Waals surface area contributed by atoms with E-state index in [-0.39, 0.29) is 11.7 Å². The molecular weight excluding hydrogens is 290 g/mol. The van der Waals surface area contributed by atoms with Crippen LogP contribution in [-0.2, 0) is 11.3 Å². The van der Waals surface area contributed by atoms with E-state index >= 15 is 0 Å². The Labute approximate surface area is 132 Å². The summed E-state index contributed by atoms with van der Waals surface area (Å²) in [5.41, 5.74) is 3.79. The molecule has 1 aromatic carbocycles. The Bertz CT molecular complexity index is 917. The second-order valence-corrected chi connectivity index (χ2v) is 6.16. The average Bonchev–Trinajstić information content (AvgIpc) is 2.93. The molecule has 112 valence electrons. The van der Waals surface area contributed by atoms with E-state index in [4.69, 9.17) is 4.74 Å². The molecule has 4 heteroatoms. The highest BCUT2D eigenvalue weighted by atomic mass is 16.5. The van der Waals surface area contributed by atoms with Crippen LogP contribution in [0.5, 0.6) is 5.75 Å². The van der Waals surface area contributed by atoms with Crippen molar-refractivity contribution in [1.29, 1.82) is 0 Å². The van der Waals surface area contributed by atoms with Crippen LogP contribution < -0.4 is 10.1 Å². The molecule has 23 heavy (non-hydrogen) atoms. The van der Waals surface area contributed by atoms with Crippen molar-refractivity contribution in [2.24, 2.45) is 0 Å². The fraction of sp³-hybridized carbons (Fsp3) is 0.158. The van der Waals surface area contributed by atoms with E-state index in [0.29, 0.717) is 18.5 Å². The smallest absolute Gasteiger partial charge is 0.252 e. The topological polar surface area (TPSA) is 55.4 Å². The first-order valence-corrected chi connectivity index (χ1v) is 7.62. The number of carbonyl (C=O) groups is 2. The first-order chi connectivity index (χ1) is 11.2. The summed E-state index contributed by atoms with van der Waals surface area (Å²) in [7, 11) is 0. The van der Waals surface area contributed by atoms with E-state index in [0.717, 1.165) is 28.0 Å². The van der Waals surface area contributed by atoms with Crippen LogP contribution in [0.1, 0.15) is 27.9 Å². The normalized spacial score (nSPS) is 26.3. The summed E-state index contributed by atoms with van der Waals surface area (Å²) in [5, 5.41) is 2.84. The van der Waals surface area contributed by atoms with Gasteiger partial charge in [0.1, 0.15) is 5.75 Å². The van der Waals surface area contributed by atoms with Gasteiger partial charge in [0, 0.05) is 35.2 Å². The Hall–Kier alpha value is -2.88. The maximum Gasteiger partial charge on any atom is 0.252 e. The monoisotopic (exact) mass is 303 g/mol. The van der Waals surface area contributed by atoms with Crippen LogP contribution in [0.2, 0.25) is 0 Å². The number of rotatable bonds is 0. The van der Waals surface area contributed by atoms with Gasteiger partial charge < -0.3 is 10.1 Å². The molecule has 1 spiro atoms. The van der Waals surface area contributed by atoms with Crippen molar-refractivity contribution >= 4 is 17.8 Å². The number of benzene rings is 1. The molecule has 0 radical (unpaired) electrons. The molecule has 1 unspecified atom stereocenters. The quantitative estimate of drug-likeness (QED) is 0.801. The standard InChI is InChI=1S/C19H13NO3/c21-14-6-7-19-12(2-1-3-13(19)9-14)8-11-4-5-15-16(17(11)23-19)10-20-18(15)22/h1-8H,9-10H2,(H,20,22). The van der Waals surface area contributed by atoms with Crippen molar-refractivity contribution < 1.29 is 14.3 Å². The van der Waals surface area contributed by atoms with Crippen molar-refractivity contribution in [3.63, 3.8) is 0 Å². The van der Waals surface area contributed by atoms with Crippen molar-refractivity contribution in [2.75, 3.05) is 0 Å². The van der Waals surface area contributed by atoms with Gasteiger partial charge in [-0.2, -0.15) is 0 Å². The van der Waals surface area contributed by atoms with Crippen LogP contribution in [0.15, 0.2) is 53.7 Å². The van der Waals surface area contributed by atoms with E-state index in [1.54, 1.807) is 6.08 Å². The minimum Gasteiger partial charge on any atom is -0.473 e. The van der Waals surface area contributed by atoms with E-state index in [2.05, 4.69) is 11.4 Å². The largest absolute Gasteiger partial charge is 0.473 e. The minimum atomic E-state index is -0.712. The fourth-order valence-corrected chi connectivity index (χ4v) is 3.73. The molecule has 2 heterocycles. The molecule has 5 rings (SSSR count). The van der Waals surface area contributed by atoms with Gasteiger partial charge in [-0.25, -0.2) is 0 Å². The lowest BCUT2D eigenvalue weighted by Gasteiger charge is -2.42. The molecule has 1 amide bonds. The van der Waals surface area contributed by atoms with Crippen LogP contribution in [0.4, 0.5) is 0 Å². The van der Waals surface area contributed by atoms with Crippen molar-refractivity contribution in [3.8, 4) is 5.75 Å². The zero-order chi connectivity index (χ0) is 15.6. The minimum absolute atomic E-state index is 0.0626. The summed E-state index contributed by atoms with van der Waals surface area (Å²) in [5.74, 6) is 0.762. The lowest BCUT2D eigenvalue weighted by molar-refractivity contribution is -0.114. The number of carbonyl (C=O) groups excluding carboxylic acids is 2. The number of ether oxygens (including phenoxy) is 1. The van der Waals surface area contributed by atoms with Gasteiger partial charge in [-0.3, -0.25) is 9.59 Å². The van der Waals surface area contributed by atoms with Gasteiger partial charge in [-0.1, -0.05) is 24.3 Å². The first-order valence-electron chi connectivity index (χ1n) is 7.62. The number of allylic oxidation sites excluding steroid dienone is 3. The second kappa shape index (κ2) is 4.10. The number of hydrogen-bond donors (Lipinski definition) is 1. The summed E-state index contributed by atoms with van der Waals surface area (Å²) in [6, 6.07) is 3.76. The molecule has 0 saturated heterocycles. The average molecular weight is 303 g/mol. The van der Waals surface area contributed by atoms with Crippen LogP contribution in [0.3, 0.4) is 0 Å². The Kier molecular flexibility index (Phi) is 2.25. The molecule has 0 aromatic heterocycles.